The Morgan fingerprint density at radius 1 is 0.873 bits per heavy atom. The Kier molecular flexibility index (Phi) is 14.5. The normalized spacial score (nSPS) is 45.4. The molecule has 0 radical (unpaired) electrons. The lowest BCUT2D eigenvalue weighted by Gasteiger charge is -2.44. The molecular formula is C43H67NO11. The Bertz CT molecular complexity index is 1400. The van der Waals surface area contributed by atoms with Crippen molar-refractivity contribution in [2.24, 2.45) is 35.5 Å². The van der Waals surface area contributed by atoms with Crippen LogP contribution < -0.4 is 0 Å². The van der Waals surface area contributed by atoms with Crippen molar-refractivity contribution >= 4 is 11.8 Å². The molecule has 0 aromatic carbocycles. The second-order valence-corrected chi connectivity index (χ2v) is 17.0. The van der Waals surface area contributed by atoms with Crippen molar-refractivity contribution in [3.8, 4) is 0 Å². The van der Waals surface area contributed by atoms with E-state index in [-0.39, 0.29) is 90.4 Å². The van der Waals surface area contributed by atoms with E-state index in [0.717, 1.165) is 19.3 Å². The number of carbonyl (C=O) groups is 2. The van der Waals surface area contributed by atoms with Crippen molar-refractivity contribution in [3.05, 3.63) is 36.0 Å². The fourth-order valence-corrected chi connectivity index (χ4v) is 10.4. The first-order valence-corrected chi connectivity index (χ1v) is 20.7. The van der Waals surface area contributed by atoms with Crippen LogP contribution in [0.5, 0.6) is 0 Å². The summed E-state index contributed by atoms with van der Waals surface area (Å²) in [5.41, 5.74) is 0.688. The number of hydrogen-bond acceptors (Lipinski definition) is 12. The Morgan fingerprint density at radius 2 is 1.60 bits per heavy atom. The molecule has 12 nitrogen and oxygen atoms in total. The highest BCUT2D eigenvalue weighted by atomic mass is 16.7. The molecule has 3 aliphatic carbocycles. The number of carbonyl (C=O) groups excluding carboxylic acids is 2. The topological polar surface area (TPSA) is 131 Å². The van der Waals surface area contributed by atoms with Crippen LogP contribution in [0.25, 0.3) is 0 Å². The Balaban J connectivity index is 1.23. The molecule has 12 heteroatoms. The van der Waals surface area contributed by atoms with Gasteiger partial charge in [-0.05, 0) is 108 Å². The maximum atomic E-state index is 14.7. The zero-order valence-electron chi connectivity index (χ0n) is 34.4. The van der Waals surface area contributed by atoms with E-state index in [4.69, 9.17) is 37.9 Å². The molecule has 0 unspecified atom stereocenters. The van der Waals surface area contributed by atoms with Crippen LogP contribution in [-0.4, -0.2) is 131 Å². The van der Waals surface area contributed by atoms with Crippen LogP contribution in [0.1, 0.15) is 79.1 Å². The molecule has 55 heavy (non-hydrogen) atoms. The van der Waals surface area contributed by atoms with Crippen LogP contribution in [0.15, 0.2) is 36.0 Å². The van der Waals surface area contributed by atoms with Crippen molar-refractivity contribution in [2.75, 3.05) is 35.4 Å². The van der Waals surface area contributed by atoms with Gasteiger partial charge in [-0.1, -0.05) is 38.2 Å². The van der Waals surface area contributed by atoms with Gasteiger partial charge >= 0.3 is 5.97 Å². The standard InChI is InChI=1S/C43H67NO11/c1-10-11-13-27-14-12-15-36(55-42-35(45)22-34(44(5)6)24(3)51-42)23(2)38(47)33-20-31-29(32(33)21-37(46)53-27)17-16-26-18-28(19-30(26)31)54-43-41(50-9)40(49-8)39(48-7)25(4)52-43/h11,13,16-17,20,23-32,34-36,39-43,45H,10,12,14-15,18-19,21-22H2,1-9H3/b13-11+/t23-,24-,25+,26-,27+,28-,29-,30-,31-,32+,34+,35-,36+,39+,40-,41-,42+,43+/m1/s1. The van der Waals surface area contributed by atoms with Crippen LogP contribution in [0.2, 0.25) is 0 Å². The molecule has 4 fully saturated rings. The number of hydrogen-bond donors (Lipinski definition) is 1. The van der Waals surface area contributed by atoms with Gasteiger partial charge in [0.25, 0.3) is 0 Å². The molecule has 6 rings (SSSR count). The number of Topliss-reactive ketones (excluding diaryl/α,β-unsaturated/α-hetero) is 1. The quantitative estimate of drug-likeness (QED) is 0.237. The van der Waals surface area contributed by atoms with Crippen molar-refractivity contribution < 1.29 is 52.6 Å². The third-order valence-corrected chi connectivity index (χ3v) is 13.4. The fraction of sp³-hybridized carbons (Fsp3) is 0.814. The van der Waals surface area contributed by atoms with Crippen molar-refractivity contribution in [1.82, 2.24) is 4.90 Å². The number of aliphatic hydroxyl groups excluding tert-OH is 1. The van der Waals surface area contributed by atoms with Gasteiger partial charge in [0.2, 0.25) is 0 Å². The number of rotatable bonds is 10. The van der Waals surface area contributed by atoms with Gasteiger partial charge in [-0.3, -0.25) is 9.59 Å². The van der Waals surface area contributed by atoms with E-state index in [1.807, 2.05) is 47.0 Å². The number of aliphatic hydroxyl groups is 1. The number of ketones is 1. The van der Waals surface area contributed by atoms with Gasteiger partial charge in [-0.2, -0.15) is 0 Å². The van der Waals surface area contributed by atoms with Crippen LogP contribution in [0.3, 0.4) is 0 Å². The first-order valence-electron chi connectivity index (χ1n) is 20.7. The van der Waals surface area contributed by atoms with Gasteiger partial charge in [0, 0.05) is 39.2 Å². The lowest BCUT2D eigenvalue weighted by Crippen LogP contribution is -2.59. The van der Waals surface area contributed by atoms with E-state index in [0.29, 0.717) is 31.3 Å². The fourth-order valence-electron chi connectivity index (χ4n) is 10.4. The molecule has 0 aromatic heterocycles. The van der Waals surface area contributed by atoms with E-state index in [9.17, 15) is 14.7 Å². The minimum Gasteiger partial charge on any atom is -0.458 e. The average molecular weight is 774 g/mol. The number of nitrogens with zero attached hydrogens (tertiary/aromatic N) is 1. The van der Waals surface area contributed by atoms with E-state index < -0.39 is 36.8 Å². The zero-order valence-corrected chi connectivity index (χ0v) is 34.4. The van der Waals surface area contributed by atoms with E-state index in [1.54, 1.807) is 21.3 Å². The summed E-state index contributed by atoms with van der Waals surface area (Å²) in [7, 11) is 8.91. The lowest BCUT2D eigenvalue weighted by atomic mass is 9.70. The van der Waals surface area contributed by atoms with E-state index in [2.05, 4.69) is 30.1 Å². The van der Waals surface area contributed by atoms with Crippen LogP contribution >= 0.6 is 0 Å². The Hall–Kier alpha value is -2.00. The summed E-state index contributed by atoms with van der Waals surface area (Å²) in [5, 5.41) is 11.2. The van der Waals surface area contributed by atoms with Crippen molar-refractivity contribution in [3.63, 3.8) is 0 Å². The van der Waals surface area contributed by atoms with Gasteiger partial charge in [0.1, 0.15) is 30.5 Å². The molecule has 0 spiro atoms. The highest BCUT2D eigenvalue weighted by molar-refractivity contribution is 5.99. The summed E-state index contributed by atoms with van der Waals surface area (Å²) in [6.07, 6.45) is 10.9. The lowest BCUT2D eigenvalue weighted by molar-refractivity contribution is -0.314. The molecule has 3 aliphatic heterocycles. The molecule has 1 N–H and O–H groups in total. The van der Waals surface area contributed by atoms with Gasteiger partial charge in [0.05, 0.1) is 30.8 Å². The number of allylic oxidation sites excluding steroid dienone is 5. The predicted octanol–water partition coefficient (Wildman–Crippen LogP) is 5.01. The smallest absolute Gasteiger partial charge is 0.307 e. The molecular weight excluding hydrogens is 706 g/mol. The summed E-state index contributed by atoms with van der Waals surface area (Å²) >= 11 is 0. The molecule has 0 amide bonds. The number of likely N-dealkylation sites (N-methyl/N-ethyl adjacent to an activating group) is 1. The van der Waals surface area contributed by atoms with Crippen molar-refractivity contribution in [2.45, 2.75) is 153 Å². The maximum Gasteiger partial charge on any atom is 0.307 e. The van der Waals surface area contributed by atoms with Crippen LogP contribution in [0.4, 0.5) is 0 Å². The SMILES string of the molecule is CC/C=C/[C@H]1CCC[C@H](O[C@@H]2O[C@H](C)[C@@H](N(C)C)C[C@H]2O)[C@@H](C)C(=O)C2=C[C@@H]3[C@@H](C=C[C@@H]4C[C@@H](O[C@@H]5O[C@@H](C)[C@H](OC)[C@@H](OC)[C@H]5OC)C[C@@H]34)[C@@H]2CC(=O)O1. The van der Waals surface area contributed by atoms with Gasteiger partial charge in [-0.15, -0.1) is 0 Å². The Labute approximate surface area is 328 Å². The second kappa shape index (κ2) is 18.7. The minimum atomic E-state index is -0.837. The predicted molar refractivity (Wildman–Crippen MR) is 205 cm³/mol. The summed E-state index contributed by atoms with van der Waals surface area (Å²) in [5.74, 6) is -0.575. The molecule has 6 aliphatic rings. The van der Waals surface area contributed by atoms with Crippen LogP contribution in [-0.2, 0) is 47.5 Å². The molecule has 0 aromatic rings. The minimum absolute atomic E-state index is 0.00806. The van der Waals surface area contributed by atoms with E-state index >= 15 is 0 Å². The molecule has 0 bridgehead atoms. The number of fused-ring (bicyclic) bond motifs is 5. The third kappa shape index (κ3) is 9.18. The molecule has 18 atom stereocenters. The molecule has 3 saturated heterocycles. The highest BCUT2D eigenvalue weighted by Crippen LogP contribution is 2.54. The number of cyclic esters (lactones) is 1. The molecule has 310 valence electrons. The first kappa shape index (κ1) is 42.6. The summed E-state index contributed by atoms with van der Waals surface area (Å²) in [4.78, 5) is 30.5. The van der Waals surface area contributed by atoms with Crippen molar-refractivity contribution in [1.29, 1.82) is 0 Å². The summed E-state index contributed by atoms with van der Waals surface area (Å²) in [6.45, 7) is 7.96. The first-order chi connectivity index (χ1) is 26.4. The highest BCUT2D eigenvalue weighted by Gasteiger charge is 2.53. The monoisotopic (exact) mass is 773 g/mol. The maximum absolute atomic E-state index is 14.7. The number of methoxy groups -OCH3 is 3. The van der Waals surface area contributed by atoms with Crippen LogP contribution in [0, 0.1) is 35.5 Å². The number of esters is 1. The average Bonchev–Trinajstić information content (AvgIpc) is 3.73. The molecule has 1 saturated carbocycles. The van der Waals surface area contributed by atoms with Gasteiger partial charge in [0.15, 0.2) is 18.4 Å². The van der Waals surface area contributed by atoms with Gasteiger partial charge in [-0.25, -0.2) is 0 Å². The second-order valence-electron chi connectivity index (χ2n) is 17.0. The van der Waals surface area contributed by atoms with Gasteiger partial charge < -0.3 is 47.9 Å². The summed E-state index contributed by atoms with van der Waals surface area (Å²) in [6, 6.07) is 0.0571. The van der Waals surface area contributed by atoms with E-state index in [1.165, 1.54) is 0 Å². The summed E-state index contributed by atoms with van der Waals surface area (Å²) < 4.78 is 49.4. The largest absolute Gasteiger partial charge is 0.458 e. The number of ether oxygens (including phenoxy) is 8. The Morgan fingerprint density at radius 3 is 2.29 bits per heavy atom. The third-order valence-electron chi connectivity index (χ3n) is 13.4. The molecule has 3 heterocycles. The zero-order chi connectivity index (χ0) is 39.6.